The van der Waals surface area contributed by atoms with Gasteiger partial charge in [-0.15, -0.1) is 0 Å². The molecule has 3 heterocycles. The number of imidazole rings is 1. The van der Waals surface area contributed by atoms with Crippen LogP contribution in [0.15, 0.2) is 48.9 Å². The summed E-state index contributed by atoms with van der Waals surface area (Å²) in [5, 5.41) is 16.6. The number of ether oxygens (including phenoxy) is 1. The van der Waals surface area contributed by atoms with Crippen molar-refractivity contribution in [3.63, 3.8) is 0 Å². The summed E-state index contributed by atoms with van der Waals surface area (Å²) in [7, 11) is 1.74. The van der Waals surface area contributed by atoms with Gasteiger partial charge < -0.3 is 15.2 Å². The fourth-order valence-corrected chi connectivity index (χ4v) is 3.44. The molecule has 32 heavy (non-hydrogen) atoms. The maximum absolute atomic E-state index is 13.9. The Labute approximate surface area is 182 Å². The van der Waals surface area contributed by atoms with Crippen molar-refractivity contribution in [3.8, 4) is 5.75 Å². The number of fused-ring (bicyclic) bond motifs is 1. The van der Waals surface area contributed by atoms with Crippen molar-refractivity contribution in [2.45, 2.75) is 19.6 Å². The van der Waals surface area contributed by atoms with Crippen LogP contribution in [-0.4, -0.2) is 36.8 Å². The highest BCUT2D eigenvalue weighted by Gasteiger charge is 2.23. The van der Waals surface area contributed by atoms with Gasteiger partial charge in [-0.3, -0.25) is 13.9 Å². The zero-order valence-electron chi connectivity index (χ0n) is 17.4. The van der Waals surface area contributed by atoms with Crippen molar-refractivity contribution in [2.75, 3.05) is 6.61 Å². The Morgan fingerprint density at radius 1 is 1.25 bits per heavy atom. The van der Waals surface area contributed by atoms with Crippen LogP contribution in [0.2, 0.25) is 0 Å². The number of hydrogen-bond acceptors (Lipinski definition) is 5. The Hall–Kier alpha value is -3.79. The molecule has 0 radical (unpaired) electrons. The van der Waals surface area contributed by atoms with Gasteiger partial charge in [0.25, 0.3) is 5.91 Å². The number of aryl methyl sites for hydroxylation is 2. The Morgan fingerprint density at radius 2 is 2.00 bits per heavy atom. The SMILES string of the molecule is Cc1nc2c(OCc3c(F)cccc3F)cccn2c1C(=O)NC(CO)c1cnn(C)c1. The molecule has 0 saturated heterocycles. The van der Waals surface area contributed by atoms with Crippen LogP contribution in [0, 0.1) is 18.6 Å². The van der Waals surface area contributed by atoms with Crippen LogP contribution in [0.4, 0.5) is 8.78 Å². The fourth-order valence-electron chi connectivity index (χ4n) is 3.44. The number of benzene rings is 1. The number of hydrogen-bond donors (Lipinski definition) is 2. The summed E-state index contributed by atoms with van der Waals surface area (Å²) in [6.07, 6.45) is 4.91. The third kappa shape index (κ3) is 4.04. The number of rotatable bonds is 7. The molecule has 0 bridgehead atoms. The predicted octanol–water partition coefficient (Wildman–Crippen LogP) is 2.70. The second kappa shape index (κ2) is 8.75. The van der Waals surface area contributed by atoms with Crippen LogP contribution in [-0.2, 0) is 13.7 Å². The average Bonchev–Trinajstić information content (AvgIpc) is 3.34. The molecule has 10 heteroatoms. The van der Waals surface area contributed by atoms with E-state index in [0.717, 1.165) is 12.1 Å². The maximum Gasteiger partial charge on any atom is 0.270 e. The number of carbonyl (C=O) groups excluding carboxylic acids is 1. The van der Waals surface area contributed by atoms with Gasteiger partial charge in [-0.25, -0.2) is 13.8 Å². The van der Waals surface area contributed by atoms with Gasteiger partial charge in [0.1, 0.15) is 23.9 Å². The first kappa shape index (κ1) is 21.4. The standard InChI is InChI=1S/C22H21F2N5O3/c1-13-20(22(31)27-18(11-30)14-9-25-28(2)10-14)29-8-4-7-19(21(29)26-13)32-12-15-16(23)5-3-6-17(15)24/h3-10,18,30H,11-12H2,1-2H3,(H,27,31). The minimum Gasteiger partial charge on any atom is -0.485 e. The van der Waals surface area contributed by atoms with Crippen LogP contribution < -0.4 is 10.1 Å². The number of nitrogens with one attached hydrogen (secondary N) is 1. The van der Waals surface area contributed by atoms with Crippen molar-refractivity contribution in [3.05, 3.63) is 83.1 Å². The number of carbonyl (C=O) groups is 1. The number of halogens is 2. The molecule has 0 spiro atoms. The van der Waals surface area contributed by atoms with Gasteiger partial charge in [-0.1, -0.05) is 6.07 Å². The highest BCUT2D eigenvalue weighted by molar-refractivity contribution is 5.95. The monoisotopic (exact) mass is 441 g/mol. The van der Waals surface area contributed by atoms with Crippen molar-refractivity contribution in [1.82, 2.24) is 24.5 Å². The van der Waals surface area contributed by atoms with Crippen molar-refractivity contribution in [1.29, 1.82) is 0 Å². The molecule has 1 unspecified atom stereocenters. The lowest BCUT2D eigenvalue weighted by Crippen LogP contribution is -2.31. The van der Waals surface area contributed by atoms with Gasteiger partial charge >= 0.3 is 0 Å². The molecule has 3 aromatic heterocycles. The van der Waals surface area contributed by atoms with Gasteiger partial charge in [0.15, 0.2) is 11.4 Å². The zero-order valence-corrected chi connectivity index (χ0v) is 17.4. The minimum atomic E-state index is -0.706. The largest absolute Gasteiger partial charge is 0.485 e. The number of amides is 1. The van der Waals surface area contributed by atoms with E-state index in [1.807, 2.05) is 0 Å². The van der Waals surface area contributed by atoms with Gasteiger partial charge in [-0.05, 0) is 31.2 Å². The van der Waals surface area contributed by atoms with Gasteiger partial charge in [0.2, 0.25) is 0 Å². The van der Waals surface area contributed by atoms with Crippen LogP contribution in [0.5, 0.6) is 5.75 Å². The summed E-state index contributed by atoms with van der Waals surface area (Å²) < 4.78 is 36.6. The van der Waals surface area contributed by atoms with E-state index < -0.39 is 23.6 Å². The molecule has 1 aromatic carbocycles. The molecule has 0 aliphatic rings. The van der Waals surface area contributed by atoms with Crippen LogP contribution in [0.1, 0.15) is 33.4 Å². The number of aromatic nitrogens is 4. The molecule has 166 valence electrons. The Bertz CT molecular complexity index is 1260. The van der Waals surface area contributed by atoms with Crippen molar-refractivity contribution < 1.29 is 23.4 Å². The van der Waals surface area contributed by atoms with Gasteiger partial charge in [0, 0.05) is 25.0 Å². The Morgan fingerprint density at radius 3 is 2.66 bits per heavy atom. The van der Waals surface area contributed by atoms with E-state index in [2.05, 4.69) is 15.4 Å². The number of aliphatic hydroxyl groups excluding tert-OH is 1. The lowest BCUT2D eigenvalue weighted by molar-refractivity contribution is 0.0909. The molecular weight excluding hydrogens is 420 g/mol. The van der Waals surface area contributed by atoms with E-state index in [4.69, 9.17) is 4.74 Å². The summed E-state index contributed by atoms with van der Waals surface area (Å²) in [4.78, 5) is 17.4. The molecule has 0 fully saturated rings. The van der Waals surface area contributed by atoms with E-state index in [1.54, 1.807) is 49.4 Å². The van der Waals surface area contributed by atoms with E-state index in [9.17, 15) is 18.7 Å². The molecule has 0 aliphatic heterocycles. The van der Waals surface area contributed by atoms with Crippen LogP contribution in [0.25, 0.3) is 5.65 Å². The molecule has 8 nitrogen and oxygen atoms in total. The van der Waals surface area contributed by atoms with Crippen molar-refractivity contribution >= 4 is 11.6 Å². The third-order valence-electron chi connectivity index (χ3n) is 5.05. The number of nitrogens with zero attached hydrogens (tertiary/aromatic N) is 4. The van der Waals surface area contributed by atoms with E-state index in [1.165, 1.54) is 10.5 Å². The molecule has 4 aromatic rings. The number of pyridine rings is 1. The second-order valence-corrected chi connectivity index (χ2v) is 7.26. The summed E-state index contributed by atoms with van der Waals surface area (Å²) in [5.74, 6) is -1.59. The summed E-state index contributed by atoms with van der Waals surface area (Å²) >= 11 is 0. The summed E-state index contributed by atoms with van der Waals surface area (Å²) in [5.41, 5.74) is 1.47. The zero-order chi connectivity index (χ0) is 22.8. The first-order valence-corrected chi connectivity index (χ1v) is 9.82. The molecule has 1 atom stereocenters. The third-order valence-corrected chi connectivity index (χ3v) is 5.05. The van der Waals surface area contributed by atoms with E-state index in [-0.39, 0.29) is 30.2 Å². The van der Waals surface area contributed by atoms with Crippen LogP contribution in [0.3, 0.4) is 0 Å². The Balaban J connectivity index is 1.61. The summed E-state index contributed by atoms with van der Waals surface area (Å²) in [6, 6.07) is 6.19. The quantitative estimate of drug-likeness (QED) is 0.460. The van der Waals surface area contributed by atoms with Gasteiger partial charge in [0.05, 0.1) is 30.1 Å². The smallest absolute Gasteiger partial charge is 0.270 e. The topological polar surface area (TPSA) is 93.7 Å². The number of aliphatic hydroxyl groups is 1. The van der Waals surface area contributed by atoms with Crippen molar-refractivity contribution in [2.24, 2.45) is 7.05 Å². The molecule has 0 aliphatic carbocycles. The minimum absolute atomic E-state index is 0.196. The Kier molecular flexibility index (Phi) is 5.87. The second-order valence-electron chi connectivity index (χ2n) is 7.26. The fraction of sp³-hybridized carbons (Fsp3) is 0.227. The molecule has 2 N–H and O–H groups in total. The molecule has 4 rings (SSSR count). The average molecular weight is 441 g/mol. The normalized spacial score (nSPS) is 12.2. The summed E-state index contributed by atoms with van der Waals surface area (Å²) in [6.45, 7) is 1.02. The lowest BCUT2D eigenvalue weighted by Gasteiger charge is -2.15. The van der Waals surface area contributed by atoms with E-state index >= 15 is 0 Å². The van der Waals surface area contributed by atoms with E-state index in [0.29, 0.717) is 16.9 Å². The highest BCUT2D eigenvalue weighted by atomic mass is 19.1. The molecule has 1 amide bonds. The maximum atomic E-state index is 13.9. The predicted molar refractivity (Wildman–Crippen MR) is 111 cm³/mol. The van der Waals surface area contributed by atoms with Crippen LogP contribution >= 0.6 is 0 Å². The first-order chi connectivity index (χ1) is 15.4. The molecule has 0 saturated carbocycles. The van der Waals surface area contributed by atoms with Gasteiger partial charge in [-0.2, -0.15) is 5.10 Å². The first-order valence-electron chi connectivity index (χ1n) is 9.82. The lowest BCUT2D eigenvalue weighted by atomic mass is 10.1. The highest BCUT2D eigenvalue weighted by Crippen LogP contribution is 2.24. The molecular formula is C22H21F2N5O3.